The number of nitrogens with one attached hydrogen (secondary N) is 1. The number of likely N-dealkylation sites (tertiary alicyclic amines) is 1. The number of nitrogens with zero attached hydrogens (tertiary/aromatic N) is 3. The van der Waals surface area contributed by atoms with E-state index in [1.807, 2.05) is 13.0 Å². The van der Waals surface area contributed by atoms with Crippen molar-refractivity contribution in [3.05, 3.63) is 23.4 Å². The van der Waals surface area contributed by atoms with Gasteiger partial charge in [-0.2, -0.15) is 5.26 Å². The third kappa shape index (κ3) is 3.71. The van der Waals surface area contributed by atoms with Gasteiger partial charge in [-0.3, -0.25) is 0 Å². The first-order valence-electron chi connectivity index (χ1n) is 7.56. The zero-order chi connectivity index (χ0) is 14.4. The Labute approximate surface area is 121 Å². The topological polar surface area (TPSA) is 52.0 Å². The normalized spacial score (nSPS) is 19.6. The summed E-state index contributed by atoms with van der Waals surface area (Å²) in [5.41, 5.74) is 1.65. The van der Waals surface area contributed by atoms with E-state index in [0.29, 0.717) is 5.56 Å². The van der Waals surface area contributed by atoms with Crippen molar-refractivity contribution in [2.45, 2.75) is 45.6 Å². The zero-order valence-corrected chi connectivity index (χ0v) is 12.5. The van der Waals surface area contributed by atoms with Crippen molar-refractivity contribution in [2.75, 3.05) is 25.0 Å². The summed E-state index contributed by atoms with van der Waals surface area (Å²) < 4.78 is 0. The van der Waals surface area contributed by atoms with Crippen LogP contribution in [0.2, 0.25) is 0 Å². The van der Waals surface area contributed by atoms with Crippen molar-refractivity contribution in [1.29, 1.82) is 5.26 Å². The summed E-state index contributed by atoms with van der Waals surface area (Å²) in [5, 5.41) is 12.5. The molecule has 0 aromatic carbocycles. The van der Waals surface area contributed by atoms with Crippen LogP contribution in [0.3, 0.4) is 0 Å². The zero-order valence-electron chi connectivity index (χ0n) is 12.5. The summed E-state index contributed by atoms with van der Waals surface area (Å²) in [7, 11) is 0. The molecule has 0 amide bonds. The largest absolute Gasteiger partial charge is 0.369 e. The first-order chi connectivity index (χ1) is 9.72. The monoisotopic (exact) mass is 272 g/mol. The molecule has 2 rings (SSSR count). The van der Waals surface area contributed by atoms with Gasteiger partial charge in [0.25, 0.3) is 0 Å². The Kier molecular flexibility index (Phi) is 5.37. The molecule has 4 nitrogen and oxygen atoms in total. The van der Waals surface area contributed by atoms with Crippen molar-refractivity contribution >= 4 is 5.82 Å². The van der Waals surface area contributed by atoms with E-state index in [2.05, 4.69) is 28.2 Å². The maximum Gasteiger partial charge on any atom is 0.144 e. The molecule has 2 heterocycles. The maximum atomic E-state index is 9.16. The van der Waals surface area contributed by atoms with E-state index >= 15 is 0 Å². The Bertz CT molecular complexity index is 478. The minimum atomic E-state index is 0.666. The van der Waals surface area contributed by atoms with Crippen LogP contribution in [0.4, 0.5) is 5.82 Å². The van der Waals surface area contributed by atoms with Crippen molar-refractivity contribution in [3.8, 4) is 6.07 Å². The summed E-state index contributed by atoms with van der Waals surface area (Å²) in [6, 6.07) is 4.82. The molecule has 108 valence electrons. The lowest BCUT2D eigenvalue weighted by molar-refractivity contribution is 0.160. The van der Waals surface area contributed by atoms with E-state index in [-0.39, 0.29) is 0 Å². The highest BCUT2D eigenvalue weighted by atomic mass is 15.2. The van der Waals surface area contributed by atoms with Crippen molar-refractivity contribution in [2.24, 2.45) is 0 Å². The number of anilines is 1. The lowest BCUT2D eigenvalue weighted by Gasteiger charge is -2.33. The standard InChI is InChI=1S/C16H24N4/c1-13-7-9-19-16(15(13)12-17)18-8-5-11-20-10-4-3-6-14(20)2/h7,9,14H,3-6,8,10-11H2,1-2H3,(H,18,19). The third-order valence-electron chi connectivity index (χ3n) is 4.13. The van der Waals surface area contributed by atoms with Crippen LogP contribution in [0, 0.1) is 18.3 Å². The predicted molar refractivity (Wildman–Crippen MR) is 81.7 cm³/mol. The Hall–Kier alpha value is -1.60. The van der Waals surface area contributed by atoms with Gasteiger partial charge in [-0.05, 0) is 51.3 Å². The second kappa shape index (κ2) is 7.25. The molecule has 0 aliphatic carbocycles. The Balaban J connectivity index is 1.79. The number of nitriles is 1. The van der Waals surface area contributed by atoms with Gasteiger partial charge in [0.1, 0.15) is 11.9 Å². The lowest BCUT2D eigenvalue weighted by Crippen LogP contribution is -2.38. The van der Waals surface area contributed by atoms with Gasteiger partial charge in [0.2, 0.25) is 0 Å². The van der Waals surface area contributed by atoms with Crippen molar-refractivity contribution < 1.29 is 0 Å². The number of hydrogen-bond donors (Lipinski definition) is 1. The van der Waals surface area contributed by atoms with Gasteiger partial charge in [-0.15, -0.1) is 0 Å². The van der Waals surface area contributed by atoms with Crippen LogP contribution in [0.5, 0.6) is 0 Å². The molecule has 20 heavy (non-hydrogen) atoms. The molecule has 1 aromatic rings. The molecule has 1 saturated heterocycles. The molecule has 0 spiro atoms. The van der Waals surface area contributed by atoms with E-state index in [9.17, 15) is 0 Å². The number of pyridine rings is 1. The molecular weight excluding hydrogens is 248 g/mol. The van der Waals surface area contributed by atoms with E-state index in [1.54, 1.807) is 6.20 Å². The first-order valence-corrected chi connectivity index (χ1v) is 7.56. The van der Waals surface area contributed by atoms with Gasteiger partial charge in [-0.1, -0.05) is 6.42 Å². The number of piperidine rings is 1. The van der Waals surface area contributed by atoms with Crippen LogP contribution in [-0.4, -0.2) is 35.6 Å². The molecule has 1 aromatic heterocycles. The summed E-state index contributed by atoms with van der Waals surface area (Å²) in [6.07, 6.45) is 6.87. The van der Waals surface area contributed by atoms with Gasteiger partial charge in [0.15, 0.2) is 0 Å². The number of rotatable bonds is 5. The Morgan fingerprint density at radius 3 is 3.10 bits per heavy atom. The van der Waals surface area contributed by atoms with Crippen LogP contribution in [0.1, 0.15) is 43.7 Å². The third-order valence-corrected chi connectivity index (χ3v) is 4.13. The quantitative estimate of drug-likeness (QED) is 0.837. The molecule has 0 radical (unpaired) electrons. The van der Waals surface area contributed by atoms with Gasteiger partial charge in [0, 0.05) is 25.3 Å². The molecule has 1 atom stereocenters. The minimum Gasteiger partial charge on any atom is -0.369 e. The van der Waals surface area contributed by atoms with Gasteiger partial charge >= 0.3 is 0 Å². The van der Waals surface area contributed by atoms with E-state index in [1.165, 1.54) is 25.8 Å². The number of aromatic nitrogens is 1. The summed E-state index contributed by atoms with van der Waals surface area (Å²) >= 11 is 0. The highest BCUT2D eigenvalue weighted by molar-refractivity contribution is 5.55. The second-order valence-corrected chi connectivity index (χ2v) is 5.62. The summed E-state index contributed by atoms with van der Waals surface area (Å²) in [4.78, 5) is 6.83. The lowest BCUT2D eigenvalue weighted by atomic mass is 10.0. The average molecular weight is 272 g/mol. The molecule has 0 saturated carbocycles. The van der Waals surface area contributed by atoms with Crippen LogP contribution >= 0.6 is 0 Å². The first kappa shape index (κ1) is 14.8. The molecule has 0 bridgehead atoms. The Morgan fingerprint density at radius 1 is 1.50 bits per heavy atom. The fourth-order valence-corrected chi connectivity index (χ4v) is 2.81. The van der Waals surface area contributed by atoms with Crippen LogP contribution in [0.15, 0.2) is 12.3 Å². The van der Waals surface area contributed by atoms with Crippen molar-refractivity contribution in [3.63, 3.8) is 0 Å². The molecule has 1 fully saturated rings. The predicted octanol–water partition coefficient (Wildman–Crippen LogP) is 2.94. The fraction of sp³-hybridized carbons (Fsp3) is 0.625. The van der Waals surface area contributed by atoms with E-state index in [0.717, 1.165) is 36.9 Å². The molecule has 1 aliphatic rings. The molecular formula is C16H24N4. The Morgan fingerprint density at radius 2 is 2.35 bits per heavy atom. The molecule has 4 heteroatoms. The van der Waals surface area contributed by atoms with E-state index < -0.39 is 0 Å². The molecule has 1 N–H and O–H groups in total. The number of hydrogen-bond acceptors (Lipinski definition) is 4. The van der Waals surface area contributed by atoms with Crippen molar-refractivity contribution in [1.82, 2.24) is 9.88 Å². The van der Waals surface area contributed by atoms with Gasteiger partial charge < -0.3 is 10.2 Å². The van der Waals surface area contributed by atoms with E-state index in [4.69, 9.17) is 5.26 Å². The minimum absolute atomic E-state index is 0.666. The molecule has 1 unspecified atom stereocenters. The average Bonchev–Trinajstić information content (AvgIpc) is 2.45. The highest BCUT2D eigenvalue weighted by Crippen LogP contribution is 2.17. The highest BCUT2D eigenvalue weighted by Gasteiger charge is 2.17. The van der Waals surface area contributed by atoms with Gasteiger partial charge in [-0.25, -0.2) is 4.98 Å². The fourth-order valence-electron chi connectivity index (χ4n) is 2.81. The smallest absolute Gasteiger partial charge is 0.144 e. The van der Waals surface area contributed by atoms with Crippen LogP contribution in [0.25, 0.3) is 0 Å². The maximum absolute atomic E-state index is 9.16. The second-order valence-electron chi connectivity index (χ2n) is 5.62. The molecule has 1 aliphatic heterocycles. The summed E-state index contributed by atoms with van der Waals surface area (Å²) in [5.74, 6) is 0.721. The van der Waals surface area contributed by atoms with Crippen LogP contribution in [-0.2, 0) is 0 Å². The number of aryl methyl sites for hydroxylation is 1. The van der Waals surface area contributed by atoms with Gasteiger partial charge in [0.05, 0.1) is 5.56 Å². The van der Waals surface area contributed by atoms with Crippen LogP contribution < -0.4 is 5.32 Å². The summed E-state index contributed by atoms with van der Waals surface area (Å²) in [6.45, 7) is 7.49. The SMILES string of the molecule is Cc1ccnc(NCCCN2CCCCC2C)c1C#N.